The largest absolute Gasteiger partial charge is 0.379 e. The molecule has 3 nitrogen and oxygen atoms in total. The minimum atomic E-state index is 0.0248. The molecule has 1 saturated carbocycles. The summed E-state index contributed by atoms with van der Waals surface area (Å²) in [6.45, 7) is 6.58. The third-order valence-electron chi connectivity index (χ3n) is 4.47. The summed E-state index contributed by atoms with van der Waals surface area (Å²) in [6, 6.07) is 8.69. The van der Waals surface area contributed by atoms with Gasteiger partial charge in [-0.15, -0.1) is 0 Å². The summed E-state index contributed by atoms with van der Waals surface area (Å²) in [5.74, 6) is 6.57. The molecule has 0 saturated heterocycles. The third-order valence-corrected chi connectivity index (χ3v) is 4.47. The van der Waals surface area contributed by atoms with Crippen LogP contribution in [0.15, 0.2) is 24.3 Å². The Morgan fingerprint density at radius 3 is 2.35 bits per heavy atom. The summed E-state index contributed by atoms with van der Waals surface area (Å²) in [5.41, 5.74) is 5.75. The summed E-state index contributed by atoms with van der Waals surface area (Å²) in [7, 11) is 1.77. The van der Waals surface area contributed by atoms with Gasteiger partial charge in [0.15, 0.2) is 0 Å². The van der Waals surface area contributed by atoms with E-state index in [9.17, 15) is 0 Å². The van der Waals surface area contributed by atoms with Crippen molar-refractivity contribution >= 4 is 0 Å². The Morgan fingerprint density at radius 1 is 1.25 bits per heavy atom. The van der Waals surface area contributed by atoms with Crippen molar-refractivity contribution < 1.29 is 4.74 Å². The highest BCUT2D eigenvalue weighted by atomic mass is 16.5. The molecule has 20 heavy (non-hydrogen) atoms. The predicted molar refractivity (Wildman–Crippen MR) is 83.4 cm³/mol. The van der Waals surface area contributed by atoms with Crippen LogP contribution < -0.4 is 11.3 Å². The van der Waals surface area contributed by atoms with E-state index in [4.69, 9.17) is 10.6 Å². The quantitative estimate of drug-likeness (QED) is 0.639. The fraction of sp³-hybridized carbons (Fsp3) is 0.647. The van der Waals surface area contributed by atoms with Crippen molar-refractivity contribution in [3.8, 4) is 0 Å². The molecular weight excluding hydrogens is 248 g/mol. The zero-order valence-corrected chi connectivity index (χ0v) is 13.1. The Hall–Kier alpha value is -0.900. The molecule has 2 rings (SSSR count). The number of methoxy groups -OCH3 is 1. The highest BCUT2D eigenvalue weighted by Crippen LogP contribution is 2.41. The molecule has 1 aliphatic rings. The molecule has 0 amide bonds. The van der Waals surface area contributed by atoms with Crippen molar-refractivity contribution in [1.29, 1.82) is 0 Å². The Balaban J connectivity index is 2.36. The lowest BCUT2D eigenvalue weighted by molar-refractivity contribution is -0.0123. The van der Waals surface area contributed by atoms with Crippen molar-refractivity contribution in [2.75, 3.05) is 7.11 Å². The van der Waals surface area contributed by atoms with Gasteiger partial charge >= 0.3 is 0 Å². The molecule has 0 aromatic heterocycles. The summed E-state index contributed by atoms with van der Waals surface area (Å²) >= 11 is 0. The lowest BCUT2D eigenvalue weighted by atomic mass is 9.74. The van der Waals surface area contributed by atoms with Crippen LogP contribution in [0.1, 0.15) is 63.1 Å². The van der Waals surface area contributed by atoms with Crippen molar-refractivity contribution in [3.05, 3.63) is 35.4 Å². The number of hydrogen-bond acceptors (Lipinski definition) is 3. The van der Waals surface area contributed by atoms with E-state index in [2.05, 4.69) is 50.5 Å². The van der Waals surface area contributed by atoms with Crippen molar-refractivity contribution in [2.45, 2.75) is 58.1 Å². The van der Waals surface area contributed by atoms with Gasteiger partial charge in [0.1, 0.15) is 0 Å². The minimum absolute atomic E-state index is 0.0248. The average Bonchev–Trinajstić information content (AvgIpc) is 2.33. The maximum Gasteiger partial charge on any atom is 0.0827 e. The molecule has 0 heterocycles. The Bertz CT molecular complexity index is 435. The lowest BCUT2D eigenvalue weighted by Crippen LogP contribution is -2.44. The SMILES string of the molecule is COC(C(NN)c1ccccc1C1CCC1)C(C)(C)C. The molecule has 3 N–H and O–H groups in total. The van der Waals surface area contributed by atoms with Gasteiger partial charge in [-0.25, -0.2) is 0 Å². The van der Waals surface area contributed by atoms with Crippen LogP contribution in [0.4, 0.5) is 0 Å². The Kier molecular flexibility index (Phi) is 4.84. The molecule has 2 unspecified atom stereocenters. The predicted octanol–water partition coefficient (Wildman–Crippen LogP) is 3.52. The fourth-order valence-electron chi connectivity index (χ4n) is 3.22. The first kappa shape index (κ1) is 15.5. The van der Waals surface area contributed by atoms with Crippen molar-refractivity contribution in [2.24, 2.45) is 11.3 Å². The summed E-state index contributed by atoms with van der Waals surface area (Å²) in [5, 5.41) is 0. The first-order valence-electron chi connectivity index (χ1n) is 7.56. The monoisotopic (exact) mass is 276 g/mol. The summed E-state index contributed by atoms with van der Waals surface area (Å²) in [4.78, 5) is 0. The van der Waals surface area contributed by atoms with E-state index in [0.29, 0.717) is 5.92 Å². The second-order valence-corrected chi connectivity index (χ2v) is 6.92. The highest BCUT2D eigenvalue weighted by Gasteiger charge is 2.35. The van der Waals surface area contributed by atoms with Gasteiger partial charge in [0, 0.05) is 7.11 Å². The number of nitrogens with one attached hydrogen (secondary N) is 1. The smallest absolute Gasteiger partial charge is 0.0827 e. The van der Waals surface area contributed by atoms with Gasteiger partial charge in [-0.05, 0) is 35.3 Å². The van der Waals surface area contributed by atoms with E-state index < -0.39 is 0 Å². The third kappa shape index (κ3) is 3.05. The molecular formula is C17H28N2O. The maximum absolute atomic E-state index is 5.88. The van der Waals surface area contributed by atoms with E-state index in [1.54, 1.807) is 7.11 Å². The molecule has 0 radical (unpaired) electrons. The van der Waals surface area contributed by atoms with Crippen LogP contribution in [0.2, 0.25) is 0 Å². The molecule has 1 aliphatic carbocycles. The molecule has 3 heteroatoms. The summed E-state index contributed by atoms with van der Waals surface area (Å²) < 4.78 is 5.77. The van der Waals surface area contributed by atoms with Crippen LogP contribution in [0.25, 0.3) is 0 Å². The zero-order valence-electron chi connectivity index (χ0n) is 13.1. The van der Waals surface area contributed by atoms with Crippen LogP contribution in [0, 0.1) is 5.41 Å². The van der Waals surface area contributed by atoms with Crippen molar-refractivity contribution in [3.63, 3.8) is 0 Å². The van der Waals surface area contributed by atoms with Gasteiger partial charge in [0.25, 0.3) is 0 Å². The van der Waals surface area contributed by atoms with E-state index >= 15 is 0 Å². The topological polar surface area (TPSA) is 47.3 Å². The van der Waals surface area contributed by atoms with Gasteiger partial charge < -0.3 is 4.74 Å². The minimum Gasteiger partial charge on any atom is -0.379 e. The Morgan fingerprint density at radius 2 is 1.90 bits per heavy atom. The molecule has 1 aromatic rings. The van der Waals surface area contributed by atoms with Crippen LogP contribution in [0.5, 0.6) is 0 Å². The highest BCUT2D eigenvalue weighted by molar-refractivity contribution is 5.35. The number of benzene rings is 1. The van der Waals surface area contributed by atoms with Crippen LogP contribution in [0.3, 0.4) is 0 Å². The molecule has 0 spiro atoms. The molecule has 0 aliphatic heterocycles. The number of ether oxygens (including phenoxy) is 1. The second kappa shape index (κ2) is 6.25. The van der Waals surface area contributed by atoms with Gasteiger partial charge in [0.05, 0.1) is 12.1 Å². The van der Waals surface area contributed by atoms with Gasteiger partial charge in [-0.2, -0.15) is 0 Å². The standard InChI is InChI=1S/C17H28N2O/c1-17(2,3)16(20-4)15(19-18)14-11-6-5-10-13(14)12-8-7-9-12/h5-6,10-12,15-16,19H,7-9,18H2,1-4H3. The van der Waals surface area contributed by atoms with Crippen molar-refractivity contribution in [1.82, 2.24) is 5.43 Å². The zero-order chi connectivity index (χ0) is 14.8. The van der Waals surface area contributed by atoms with Crippen LogP contribution in [-0.4, -0.2) is 13.2 Å². The average molecular weight is 276 g/mol. The molecule has 2 atom stereocenters. The van der Waals surface area contributed by atoms with Crippen LogP contribution in [-0.2, 0) is 4.74 Å². The number of nitrogens with two attached hydrogens (primary N) is 1. The Labute approximate surface area is 122 Å². The maximum atomic E-state index is 5.88. The molecule has 0 bridgehead atoms. The molecule has 1 fully saturated rings. The number of hydrazine groups is 1. The van der Waals surface area contributed by atoms with E-state index in [0.717, 1.165) is 0 Å². The second-order valence-electron chi connectivity index (χ2n) is 6.92. The molecule has 112 valence electrons. The number of hydrogen-bond donors (Lipinski definition) is 2. The van der Waals surface area contributed by atoms with Gasteiger partial charge in [0.2, 0.25) is 0 Å². The first-order valence-corrected chi connectivity index (χ1v) is 7.56. The van der Waals surface area contributed by atoms with E-state index in [1.807, 2.05) is 0 Å². The normalized spacial score (nSPS) is 19.4. The van der Waals surface area contributed by atoms with E-state index in [-0.39, 0.29) is 17.6 Å². The summed E-state index contributed by atoms with van der Waals surface area (Å²) in [6.07, 6.45) is 3.96. The lowest BCUT2D eigenvalue weighted by Gasteiger charge is -2.38. The van der Waals surface area contributed by atoms with E-state index in [1.165, 1.54) is 30.4 Å². The van der Waals surface area contributed by atoms with Crippen LogP contribution >= 0.6 is 0 Å². The van der Waals surface area contributed by atoms with Gasteiger partial charge in [-0.3, -0.25) is 11.3 Å². The number of rotatable bonds is 5. The first-order chi connectivity index (χ1) is 9.49. The van der Waals surface area contributed by atoms with Gasteiger partial charge in [-0.1, -0.05) is 51.5 Å². The molecule has 1 aromatic carbocycles. The fourth-order valence-corrected chi connectivity index (χ4v) is 3.22.